The Morgan fingerprint density at radius 3 is 2.34 bits per heavy atom. The van der Waals surface area contributed by atoms with Crippen LogP contribution in [-0.4, -0.2) is 55.8 Å². The molecule has 8 nitrogen and oxygen atoms in total. The number of aliphatic carboxylic acids is 1. The van der Waals surface area contributed by atoms with Gasteiger partial charge in [-0.25, -0.2) is 0 Å². The maximum Gasteiger partial charge on any atom is 0.326 e. The van der Waals surface area contributed by atoms with Gasteiger partial charge in [0.05, 0.1) is 20.8 Å². The molecule has 0 aliphatic carbocycles. The molecule has 0 bridgehead atoms. The first kappa shape index (κ1) is 27.0. The number of carboxylic acids is 1. The van der Waals surface area contributed by atoms with E-state index in [0.29, 0.717) is 30.3 Å². The minimum Gasteiger partial charge on any atom is -0.496 e. The van der Waals surface area contributed by atoms with Crippen LogP contribution in [0, 0.1) is 6.92 Å². The first-order chi connectivity index (χ1) is 18.3. The largest absolute Gasteiger partial charge is 0.496 e. The summed E-state index contributed by atoms with van der Waals surface area (Å²) in [5.41, 5.74) is 4.36. The van der Waals surface area contributed by atoms with Crippen molar-refractivity contribution in [3.63, 3.8) is 0 Å². The van der Waals surface area contributed by atoms with Crippen molar-refractivity contribution in [2.75, 3.05) is 34.0 Å². The zero-order chi connectivity index (χ0) is 27.3. The molecular formula is C30H33NO7. The van der Waals surface area contributed by atoms with Gasteiger partial charge in [-0.15, -0.1) is 0 Å². The normalized spacial score (nSPS) is 14.2. The maximum absolute atomic E-state index is 11.6. The number of hydrogen-bond donors (Lipinski definition) is 3. The molecule has 200 valence electrons. The van der Waals surface area contributed by atoms with E-state index in [0.717, 1.165) is 39.3 Å². The van der Waals surface area contributed by atoms with Crippen LogP contribution in [0.25, 0.3) is 23.3 Å². The Morgan fingerprint density at radius 1 is 1.03 bits per heavy atom. The van der Waals surface area contributed by atoms with Crippen LogP contribution in [0.1, 0.15) is 29.2 Å². The number of carbonyl (C=O) groups is 1. The van der Waals surface area contributed by atoms with Crippen molar-refractivity contribution in [1.82, 2.24) is 5.32 Å². The zero-order valence-electron chi connectivity index (χ0n) is 22.0. The van der Waals surface area contributed by atoms with Gasteiger partial charge in [0.25, 0.3) is 0 Å². The van der Waals surface area contributed by atoms with Crippen molar-refractivity contribution in [3.8, 4) is 34.1 Å². The molecule has 8 heteroatoms. The number of aliphatic hydroxyl groups is 1. The van der Waals surface area contributed by atoms with Crippen LogP contribution in [0.4, 0.5) is 0 Å². The van der Waals surface area contributed by atoms with Gasteiger partial charge in [0.1, 0.15) is 30.3 Å². The van der Waals surface area contributed by atoms with E-state index in [1.54, 1.807) is 14.2 Å². The number of methoxy groups -OCH3 is 2. The molecule has 1 heterocycles. The van der Waals surface area contributed by atoms with Crippen LogP contribution >= 0.6 is 0 Å². The Kier molecular flexibility index (Phi) is 8.24. The molecule has 0 fully saturated rings. The molecule has 0 spiro atoms. The zero-order valence-corrected chi connectivity index (χ0v) is 22.0. The van der Waals surface area contributed by atoms with Crippen LogP contribution in [0.2, 0.25) is 0 Å². The Morgan fingerprint density at radius 2 is 1.71 bits per heavy atom. The van der Waals surface area contributed by atoms with Crippen LogP contribution in [0.15, 0.2) is 48.5 Å². The fraction of sp³-hybridized carbons (Fsp3) is 0.300. The van der Waals surface area contributed by atoms with E-state index in [-0.39, 0.29) is 6.54 Å². The van der Waals surface area contributed by atoms with Gasteiger partial charge in [-0.05, 0) is 65.9 Å². The highest BCUT2D eigenvalue weighted by atomic mass is 16.6. The second-order valence-corrected chi connectivity index (χ2v) is 9.26. The highest BCUT2D eigenvalue weighted by Gasteiger charge is 2.32. The predicted molar refractivity (Wildman–Crippen MR) is 146 cm³/mol. The third kappa shape index (κ3) is 5.61. The summed E-state index contributed by atoms with van der Waals surface area (Å²) in [5.74, 6) is 1.46. The number of aliphatic hydroxyl groups excluding tert-OH is 1. The summed E-state index contributed by atoms with van der Waals surface area (Å²) in [7, 11) is 3.10. The molecule has 4 rings (SSSR count). The standard InChI is InChI=1S/C30H33NO7/c1-19-21(6-5-7-23(19)22-10-11-25-28(16-22)38-13-12-37-25)9-8-20-14-26(35-3)24(27(15-20)36-4)17-31-30(2,18-32)29(33)34/h5-11,14-16,31-32H,12-13,17-18H2,1-4H3,(H,33,34)/b9-8+. The highest BCUT2D eigenvalue weighted by Crippen LogP contribution is 2.37. The van der Waals surface area contributed by atoms with E-state index in [1.807, 2.05) is 48.6 Å². The third-order valence-electron chi connectivity index (χ3n) is 6.76. The maximum atomic E-state index is 11.6. The van der Waals surface area contributed by atoms with Gasteiger partial charge in [-0.3, -0.25) is 10.1 Å². The fourth-order valence-electron chi connectivity index (χ4n) is 4.30. The third-order valence-corrected chi connectivity index (χ3v) is 6.76. The van der Waals surface area contributed by atoms with Crippen LogP contribution < -0.4 is 24.3 Å². The summed E-state index contributed by atoms with van der Waals surface area (Å²) < 4.78 is 22.6. The SMILES string of the molecule is COc1cc(/C=C/c2cccc(-c3ccc4c(c3)OCCO4)c2C)cc(OC)c1CNC(C)(CO)C(=O)O. The second-order valence-electron chi connectivity index (χ2n) is 9.26. The van der Waals surface area contributed by atoms with Crippen LogP contribution in [0.3, 0.4) is 0 Å². The number of rotatable bonds is 10. The van der Waals surface area contributed by atoms with Gasteiger partial charge in [-0.1, -0.05) is 36.4 Å². The lowest BCUT2D eigenvalue weighted by molar-refractivity contribution is -0.145. The van der Waals surface area contributed by atoms with Crippen molar-refractivity contribution in [2.45, 2.75) is 25.9 Å². The summed E-state index contributed by atoms with van der Waals surface area (Å²) in [6, 6.07) is 15.9. The van der Waals surface area contributed by atoms with Gasteiger partial charge in [0.2, 0.25) is 0 Å². The van der Waals surface area contributed by atoms with E-state index >= 15 is 0 Å². The number of benzene rings is 3. The van der Waals surface area contributed by atoms with E-state index in [9.17, 15) is 15.0 Å². The molecular weight excluding hydrogens is 486 g/mol. The van der Waals surface area contributed by atoms with E-state index in [1.165, 1.54) is 6.92 Å². The molecule has 3 N–H and O–H groups in total. The van der Waals surface area contributed by atoms with Gasteiger partial charge >= 0.3 is 5.97 Å². The monoisotopic (exact) mass is 519 g/mol. The first-order valence-corrected chi connectivity index (χ1v) is 12.3. The molecule has 0 saturated heterocycles. The summed E-state index contributed by atoms with van der Waals surface area (Å²) in [6.45, 7) is 4.19. The van der Waals surface area contributed by atoms with Gasteiger partial charge in [-0.2, -0.15) is 0 Å². The Bertz CT molecular complexity index is 1330. The minimum absolute atomic E-state index is 0.135. The summed E-state index contributed by atoms with van der Waals surface area (Å²) >= 11 is 0. The molecule has 0 aromatic heterocycles. The molecule has 1 aliphatic rings. The number of hydrogen-bond acceptors (Lipinski definition) is 7. The second kappa shape index (κ2) is 11.6. The van der Waals surface area contributed by atoms with Gasteiger partial charge < -0.3 is 29.2 Å². The summed E-state index contributed by atoms with van der Waals surface area (Å²) in [6.07, 6.45) is 4.02. The molecule has 3 aromatic rings. The van der Waals surface area contributed by atoms with Gasteiger partial charge in [0, 0.05) is 12.1 Å². The van der Waals surface area contributed by atoms with E-state index in [4.69, 9.17) is 18.9 Å². The Balaban J connectivity index is 1.61. The number of ether oxygens (including phenoxy) is 4. The van der Waals surface area contributed by atoms with Crippen molar-refractivity contribution in [1.29, 1.82) is 0 Å². The highest BCUT2D eigenvalue weighted by molar-refractivity contribution is 5.79. The van der Waals surface area contributed by atoms with Crippen LogP contribution in [0.5, 0.6) is 23.0 Å². The van der Waals surface area contributed by atoms with E-state index in [2.05, 4.69) is 24.4 Å². The Labute approximate surface area is 222 Å². The lowest BCUT2D eigenvalue weighted by Crippen LogP contribution is -2.52. The molecule has 1 aliphatic heterocycles. The smallest absolute Gasteiger partial charge is 0.326 e. The number of nitrogens with one attached hydrogen (secondary N) is 1. The van der Waals surface area contributed by atoms with Crippen LogP contribution in [-0.2, 0) is 11.3 Å². The van der Waals surface area contributed by atoms with Crippen molar-refractivity contribution in [3.05, 3.63) is 70.8 Å². The average molecular weight is 520 g/mol. The predicted octanol–water partition coefficient (Wildman–Crippen LogP) is 4.55. The molecule has 38 heavy (non-hydrogen) atoms. The number of carboxylic acid groups (broad SMARTS) is 1. The lowest BCUT2D eigenvalue weighted by Gasteiger charge is -2.25. The van der Waals surface area contributed by atoms with Crippen molar-refractivity contribution in [2.24, 2.45) is 0 Å². The minimum atomic E-state index is -1.49. The van der Waals surface area contributed by atoms with Crippen molar-refractivity contribution >= 4 is 18.1 Å². The molecule has 0 saturated carbocycles. The first-order valence-electron chi connectivity index (χ1n) is 12.3. The lowest BCUT2D eigenvalue weighted by atomic mass is 9.95. The Hall–Kier alpha value is -4.01. The quantitative estimate of drug-likeness (QED) is 0.335. The molecule has 0 radical (unpaired) electrons. The molecule has 3 aromatic carbocycles. The van der Waals surface area contributed by atoms with Crippen molar-refractivity contribution < 1.29 is 34.0 Å². The molecule has 0 amide bonds. The fourth-order valence-corrected chi connectivity index (χ4v) is 4.30. The van der Waals surface area contributed by atoms with Gasteiger partial charge in [0.15, 0.2) is 11.5 Å². The summed E-state index contributed by atoms with van der Waals surface area (Å²) in [5, 5.41) is 21.9. The molecule has 1 unspecified atom stereocenters. The topological polar surface area (TPSA) is 106 Å². The van der Waals surface area contributed by atoms with E-state index < -0.39 is 18.1 Å². The summed E-state index contributed by atoms with van der Waals surface area (Å²) in [4.78, 5) is 11.6. The molecule has 1 atom stereocenters. The average Bonchev–Trinajstić information content (AvgIpc) is 2.94. The number of fused-ring (bicyclic) bond motifs is 1.